The molecule has 0 saturated carbocycles. The van der Waals surface area contributed by atoms with Gasteiger partial charge in [-0.2, -0.15) is 0 Å². The Morgan fingerprint density at radius 1 is 1.35 bits per heavy atom. The van der Waals surface area contributed by atoms with Crippen LogP contribution in [0.25, 0.3) is 0 Å². The number of thiazole rings is 1. The molecule has 8 heteroatoms. The maximum atomic E-state index is 11.9. The lowest BCUT2D eigenvalue weighted by Crippen LogP contribution is -2.54. The SMILES string of the molecule is CCc1cnc(CCNC(=NC)N2CCN(CC(=O)NC(C)C)CC2)s1. The highest BCUT2D eigenvalue weighted by molar-refractivity contribution is 7.11. The molecule has 26 heavy (non-hydrogen) atoms. The molecule has 0 bridgehead atoms. The number of nitrogens with zero attached hydrogens (tertiary/aromatic N) is 4. The predicted molar refractivity (Wildman–Crippen MR) is 108 cm³/mol. The number of rotatable bonds is 7. The standard InChI is InChI=1S/C18H32N6OS/c1-5-15-12-21-17(26-15)6-7-20-18(19-4)24-10-8-23(9-11-24)13-16(25)22-14(2)3/h12,14H,5-11,13H2,1-4H3,(H,19,20)(H,22,25). The van der Waals surface area contributed by atoms with Crippen molar-refractivity contribution in [3.05, 3.63) is 16.1 Å². The molecule has 146 valence electrons. The van der Waals surface area contributed by atoms with E-state index in [0.29, 0.717) is 6.54 Å². The largest absolute Gasteiger partial charge is 0.356 e. The molecule has 0 atom stereocenters. The average Bonchev–Trinajstić information content (AvgIpc) is 3.07. The minimum absolute atomic E-state index is 0.103. The molecule has 0 aliphatic carbocycles. The van der Waals surface area contributed by atoms with E-state index in [2.05, 4.69) is 37.3 Å². The van der Waals surface area contributed by atoms with Gasteiger partial charge in [0.1, 0.15) is 0 Å². The summed E-state index contributed by atoms with van der Waals surface area (Å²) in [6.45, 7) is 10.9. The number of aryl methyl sites for hydroxylation is 1. The van der Waals surface area contributed by atoms with Crippen molar-refractivity contribution in [1.29, 1.82) is 0 Å². The van der Waals surface area contributed by atoms with Gasteiger partial charge in [-0.15, -0.1) is 11.3 Å². The molecular formula is C18H32N6OS. The molecule has 1 aliphatic rings. The van der Waals surface area contributed by atoms with Crippen LogP contribution in [0.4, 0.5) is 0 Å². The number of guanidine groups is 1. The number of nitrogens with one attached hydrogen (secondary N) is 2. The van der Waals surface area contributed by atoms with Crippen molar-refractivity contribution in [2.24, 2.45) is 4.99 Å². The van der Waals surface area contributed by atoms with Crippen LogP contribution in [0.15, 0.2) is 11.2 Å². The van der Waals surface area contributed by atoms with Gasteiger partial charge in [0.05, 0.1) is 11.6 Å². The molecule has 1 saturated heterocycles. The first kappa shape index (κ1) is 20.6. The summed E-state index contributed by atoms with van der Waals surface area (Å²) in [6, 6.07) is 0.193. The number of piperazine rings is 1. The van der Waals surface area contributed by atoms with Crippen molar-refractivity contribution >= 4 is 23.2 Å². The number of aliphatic imine (C=N–C) groups is 1. The van der Waals surface area contributed by atoms with E-state index in [4.69, 9.17) is 0 Å². The zero-order valence-electron chi connectivity index (χ0n) is 16.4. The third kappa shape index (κ3) is 6.57. The van der Waals surface area contributed by atoms with Crippen LogP contribution < -0.4 is 10.6 Å². The van der Waals surface area contributed by atoms with Crippen LogP contribution in [-0.2, 0) is 17.6 Å². The summed E-state index contributed by atoms with van der Waals surface area (Å²) in [7, 11) is 1.82. The molecule has 1 amide bonds. The second kappa shape index (κ2) is 10.5. The van der Waals surface area contributed by atoms with Gasteiger partial charge < -0.3 is 15.5 Å². The molecule has 1 aliphatic heterocycles. The zero-order chi connectivity index (χ0) is 18.9. The zero-order valence-corrected chi connectivity index (χ0v) is 17.2. The quantitative estimate of drug-likeness (QED) is 0.545. The second-order valence-electron chi connectivity index (χ2n) is 6.78. The van der Waals surface area contributed by atoms with Gasteiger partial charge in [0.25, 0.3) is 0 Å². The highest BCUT2D eigenvalue weighted by atomic mass is 32.1. The van der Waals surface area contributed by atoms with Crippen molar-refractivity contribution in [2.75, 3.05) is 46.3 Å². The molecule has 2 rings (SSSR count). The van der Waals surface area contributed by atoms with Crippen LogP contribution in [0.1, 0.15) is 30.7 Å². The number of hydrogen-bond donors (Lipinski definition) is 2. The van der Waals surface area contributed by atoms with E-state index in [1.165, 1.54) is 9.88 Å². The summed E-state index contributed by atoms with van der Waals surface area (Å²) in [5.74, 6) is 1.04. The number of aromatic nitrogens is 1. The monoisotopic (exact) mass is 380 g/mol. The lowest BCUT2D eigenvalue weighted by molar-refractivity contribution is -0.123. The summed E-state index contributed by atoms with van der Waals surface area (Å²) in [6.07, 6.45) is 3.94. The van der Waals surface area contributed by atoms with E-state index in [1.807, 2.05) is 27.1 Å². The predicted octanol–water partition coefficient (Wildman–Crippen LogP) is 0.966. The molecule has 2 N–H and O–H groups in total. The molecular weight excluding hydrogens is 348 g/mol. The molecule has 0 aromatic carbocycles. The van der Waals surface area contributed by atoms with E-state index < -0.39 is 0 Å². The van der Waals surface area contributed by atoms with Crippen molar-refractivity contribution in [3.8, 4) is 0 Å². The third-order valence-electron chi connectivity index (χ3n) is 4.27. The normalized spacial score (nSPS) is 16.2. The number of hydrogen-bond acceptors (Lipinski definition) is 5. The molecule has 1 fully saturated rings. The van der Waals surface area contributed by atoms with Crippen LogP contribution in [0.2, 0.25) is 0 Å². The van der Waals surface area contributed by atoms with E-state index >= 15 is 0 Å². The smallest absolute Gasteiger partial charge is 0.234 e. The molecule has 2 heterocycles. The van der Waals surface area contributed by atoms with Crippen LogP contribution in [-0.4, -0.2) is 79.0 Å². The fraction of sp³-hybridized carbons (Fsp3) is 0.722. The Kier molecular flexibility index (Phi) is 8.31. The first-order valence-electron chi connectivity index (χ1n) is 9.42. The van der Waals surface area contributed by atoms with Gasteiger partial charge in [-0.1, -0.05) is 6.92 Å². The van der Waals surface area contributed by atoms with Gasteiger partial charge in [-0.25, -0.2) is 4.98 Å². The highest BCUT2D eigenvalue weighted by Gasteiger charge is 2.21. The Hall–Kier alpha value is -1.67. The van der Waals surface area contributed by atoms with Gasteiger partial charge in [-0.05, 0) is 20.3 Å². The maximum absolute atomic E-state index is 11.9. The topological polar surface area (TPSA) is 72.9 Å². The third-order valence-corrected chi connectivity index (χ3v) is 5.47. The summed E-state index contributed by atoms with van der Waals surface area (Å²) in [4.78, 5) is 26.5. The Labute approximate surface area is 160 Å². The Bertz CT molecular complexity index is 592. The number of carbonyl (C=O) groups is 1. The molecule has 1 aromatic rings. The molecule has 7 nitrogen and oxygen atoms in total. The summed E-state index contributed by atoms with van der Waals surface area (Å²) < 4.78 is 0. The molecule has 0 spiro atoms. The maximum Gasteiger partial charge on any atom is 0.234 e. The highest BCUT2D eigenvalue weighted by Crippen LogP contribution is 2.13. The van der Waals surface area contributed by atoms with E-state index in [1.54, 1.807) is 11.3 Å². The van der Waals surface area contributed by atoms with Gasteiger partial charge in [0.15, 0.2) is 5.96 Å². The minimum atomic E-state index is 0.103. The van der Waals surface area contributed by atoms with Crippen LogP contribution in [0.5, 0.6) is 0 Å². The van der Waals surface area contributed by atoms with Gasteiger partial charge >= 0.3 is 0 Å². The van der Waals surface area contributed by atoms with Gasteiger partial charge in [-0.3, -0.25) is 14.7 Å². The Balaban J connectivity index is 1.71. The van der Waals surface area contributed by atoms with Crippen molar-refractivity contribution in [1.82, 2.24) is 25.4 Å². The van der Waals surface area contributed by atoms with E-state index in [9.17, 15) is 4.79 Å². The van der Waals surface area contributed by atoms with E-state index in [0.717, 1.165) is 51.5 Å². The lowest BCUT2D eigenvalue weighted by Gasteiger charge is -2.36. The van der Waals surface area contributed by atoms with Crippen LogP contribution in [0, 0.1) is 0 Å². The van der Waals surface area contributed by atoms with Gasteiger partial charge in [0, 0.05) is 63.3 Å². The van der Waals surface area contributed by atoms with Crippen molar-refractivity contribution in [3.63, 3.8) is 0 Å². The van der Waals surface area contributed by atoms with Gasteiger partial charge in [0.2, 0.25) is 5.91 Å². The number of amides is 1. The summed E-state index contributed by atoms with van der Waals surface area (Å²) >= 11 is 1.79. The Morgan fingerprint density at radius 2 is 2.08 bits per heavy atom. The Morgan fingerprint density at radius 3 is 2.65 bits per heavy atom. The van der Waals surface area contributed by atoms with Crippen LogP contribution in [0.3, 0.4) is 0 Å². The summed E-state index contributed by atoms with van der Waals surface area (Å²) in [5.41, 5.74) is 0. The first-order chi connectivity index (χ1) is 12.5. The fourth-order valence-electron chi connectivity index (χ4n) is 2.93. The average molecular weight is 381 g/mol. The molecule has 1 aromatic heterocycles. The lowest BCUT2D eigenvalue weighted by atomic mass is 10.3. The second-order valence-corrected chi connectivity index (χ2v) is 7.98. The first-order valence-corrected chi connectivity index (χ1v) is 10.2. The van der Waals surface area contributed by atoms with Crippen LogP contribution >= 0.6 is 11.3 Å². The van der Waals surface area contributed by atoms with Crippen molar-refractivity contribution < 1.29 is 4.79 Å². The summed E-state index contributed by atoms with van der Waals surface area (Å²) in [5, 5.41) is 7.56. The molecule has 0 radical (unpaired) electrons. The van der Waals surface area contributed by atoms with Crippen molar-refractivity contribution in [2.45, 2.75) is 39.7 Å². The minimum Gasteiger partial charge on any atom is -0.356 e. The van der Waals surface area contributed by atoms with E-state index in [-0.39, 0.29) is 11.9 Å². The number of carbonyl (C=O) groups excluding carboxylic acids is 1. The fourth-order valence-corrected chi connectivity index (χ4v) is 3.79. The molecule has 0 unspecified atom stereocenters.